The summed E-state index contributed by atoms with van der Waals surface area (Å²) in [6.07, 6.45) is 1.29. The van der Waals surface area contributed by atoms with Crippen molar-refractivity contribution in [2.75, 3.05) is 4.72 Å². The van der Waals surface area contributed by atoms with E-state index in [2.05, 4.69) is 9.71 Å². The first-order valence-corrected chi connectivity index (χ1v) is 7.87. The number of hydrogen-bond acceptors (Lipinski definition) is 4. The second-order valence-electron chi connectivity index (χ2n) is 4.89. The number of aryl methyl sites for hydroxylation is 2. The van der Waals surface area contributed by atoms with Gasteiger partial charge in [0.05, 0.1) is 4.90 Å². The van der Waals surface area contributed by atoms with E-state index in [9.17, 15) is 8.42 Å². The van der Waals surface area contributed by atoms with Crippen LogP contribution in [0, 0.1) is 13.8 Å². The molecule has 0 unspecified atom stereocenters. The van der Waals surface area contributed by atoms with Crippen LogP contribution in [0.2, 0.25) is 0 Å². The molecule has 0 spiro atoms. The lowest BCUT2D eigenvalue weighted by atomic mass is 10.1. The number of oxazole rings is 1. The van der Waals surface area contributed by atoms with E-state index in [0.717, 1.165) is 11.1 Å². The normalized spacial score (nSPS) is 11.7. The van der Waals surface area contributed by atoms with Gasteiger partial charge in [0.2, 0.25) is 0 Å². The second-order valence-corrected chi connectivity index (χ2v) is 6.57. The highest BCUT2D eigenvalue weighted by molar-refractivity contribution is 7.92. The summed E-state index contributed by atoms with van der Waals surface area (Å²) < 4.78 is 32.5. The number of anilines is 1. The Kier molecular flexibility index (Phi) is 3.17. The van der Waals surface area contributed by atoms with E-state index < -0.39 is 10.0 Å². The maximum Gasteiger partial charge on any atom is 0.262 e. The van der Waals surface area contributed by atoms with Crippen molar-refractivity contribution < 1.29 is 12.8 Å². The molecule has 0 aliphatic carbocycles. The predicted molar refractivity (Wildman–Crippen MR) is 80.7 cm³/mol. The molecule has 0 amide bonds. The zero-order valence-corrected chi connectivity index (χ0v) is 12.4. The zero-order valence-electron chi connectivity index (χ0n) is 11.6. The summed E-state index contributed by atoms with van der Waals surface area (Å²) in [5, 5.41) is 0. The van der Waals surface area contributed by atoms with E-state index >= 15 is 0 Å². The summed E-state index contributed by atoms with van der Waals surface area (Å²) in [5.74, 6) is 0. The van der Waals surface area contributed by atoms with Gasteiger partial charge in [0.15, 0.2) is 12.0 Å². The highest BCUT2D eigenvalue weighted by Gasteiger charge is 2.16. The minimum atomic E-state index is -3.65. The summed E-state index contributed by atoms with van der Waals surface area (Å²) in [6, 6.07) is 10.0. The van der Waals surface area contributed by atoms with Crippen molar-refractivity contribution in [3.05, 3.63) is 53.9 Å². The van der Waals surface area contributed by atoms with Crippen LogP contribution in [0.4, 0.5) is 5.69 Å². The van der Waals surface area contributed by atoms with Crippen LogP contribution in [-0.4, -0.2) is 13.4 Å². The largest absolute Gasteiger partial charge is 0.443 e. The van der Waals surface area contributed by atoms with Gasteiger partial charge in [-0.2, -0.15) is 0 Å². The van der Waals surface area contributed by atoms with Gasteiger partial charge in [-0.15, -0.1) is 0 Å². The third kappa shape index (κ3) is 2.62. The maximum atomic E-state index is 12.4. The SMILES string of the molecule is Cc1ccc(NS(=O)(=O)c2ccc3ncoc3c2)cc1C. The van der Waals surface area contributed by atoms with Crippen molar-refractivity contribution in [1.82, 2.24) is 4.98 Å². The molecule has 0 saturated heterocycles. The highest BCUT2D eigenvalue weighted by Crippen LogP contribution is 2.22. The molecule has 0 aliphatic rings. The molecule has 0 atom stereocenters. The molecule has 1 N–H and O–H groups in total. The Morgan fingerprint density at radius 1 is 1.05 bits per heavy atom. The summed E-state index contributed by atoms with van der Waals surface area (Å²) in [5.41, 5.74) is 3.75. The molecule has 5 nitrogen and oxygen atoms in total. The minimum absolute atomic E-state index is 0.143. The zero-order chi connectivity index (χ0) is 15.0. The molecule has 2 aromatic carbocycles. The molecule has 0 bridgehead atoms. The van der Waals surface area contributed by atoms with Gasteiger partial charge in [-0.25, -0.2) is 13.4 Å². The smallest absolute Gasteiger partial charge is 0.262 e. The fourth-order valence-electron chi connectivity index (χ4n) is 2.02. The third-order valence-corrected chi connectivity index (χ3v) is 4.75. The van der Waals surface area contributed by atoms with Crippen LogP contribution in [0.15, 0.2) is 52.1 Å². The number of aromatic nitrogens is 1. The second kappa shape index (κ2) is 4.89. The topological polar surface area (TPSA) is 72.2 Å². The molecule has 108 valence electrons. The first-order valence-electron chi connectivity index (χ1n) is 6.39. The molecular weight excluding hydrogens is 288 g/mol. The van der Waals surface area contributed by atoms with Crippen molar-refractivity contribution in [1.29, 1.82) is 0 Å². The Labute approximate surface area is 122 Å². The summed E-state index contributed by atoms with van der Waals surface area (Å²) in [7, 11) is -3.65. The van der Waals surface area contributed by atoms with E-state index in [-0.39, 0.29) is 4.90 Å². The van der Waals surface area contributed by atoms with Gasteiger partial charge in [-0.05, 0) is 49.2 Å². The van der Waals surface area contributed by atoms with Crippen molar-refractivity contribution >= 4 is 26.8 Å². The first-order chi connectivity index (χ1) is 9.95. The van der Waals surface area contributed by atoms with Gasteiger partial charge in [-0.1, -0.05) is 6.07 Å². The molecule has 0 aliphatic heterocycles. The Balaban J connectivity index is 1.97. The number of fused-ring (bicyclic) bond motifs is 1. The molecule has 3 aromatic rings. The lowest BCUT2D eigenvalue weighted by Gasteiger charge is -2.09. The van der Waals surface area contributed by atoms with Crippen LogP contribution in [0.3, 0.4) is 0 Å². The van der Waals surface area contributed by atoms with E-state index in [1.807, 2.05) is 19.9 Å². The molecular formula is C15H14N2O3S. The first kappa shape index (κ1) is 13.6. The van der Waals surface area contributed by atoms with Crippen LogP contribution in [0.1, 0.15) is 11.1 Å². The van der Waals surface area contributed by atoms with Gasteiger partial charge < -0.3 is 4.42 Å². The van der Waals surface area contributed by atoms with Crippen molar-refractivity contribution in [2.45, 2.75) is 18.7 Å². The summed E-state index contributed by atoms with van der Waals surface area (Å²) in [4.78, 5) is 4.11. The van der Waals surface area contributed by atoms with Crippen LogP contribution in [0.5, 0.6) is 0 Å². The standard InChI is InChI=1S/C15H14N2O3S/c1-10-3-4-12(7-11(10)2)17-21(18,19)13-5-6-14-15(8-13)20-9-16-14/h3-9,17H,1-2H3. The van der Waals surface area contributed by atoms with Gasteiger partial charge in [0.1, 0.15) is 5.52 Å². The fourth-order valence-corrected chi connectivity index (χ4v) is 3.09. The Hall–Kier alpha value is -2.34. The van der Waals surface area contributed by atoms with E-state index in [0.29, 0.717) is 16.8 Å². The number of rotatable bonds is 3. The van der Waals surface area contributed by atoms with Gasteiger partial charge in [0.25, 0.3) is 10.0 Å². The van der Waals surface area contributed by atoms with Crippen LogP contribution >= 0.6 is 0 Å². The van der Waals surface area contributed by atoms with E-state index in [4.69, 9.17) is 4.42 Å². The predicted octanol–water partition coefficient (Wildman–Crippen LogP) is 3.25. The summed E-state index contributed by atoms with van der Waals surface area (Å²) in [6.45, 7) is 3.92. The lowest BCUT2D eigenvalue weighted by Crippen LogP contribution is -2.13. The molecule has 1 aromatic heterocycles. The lowest BCUT2D eigenvalue weighted by molar-refractivity contribution is 0.594. The molecule has 0 radical (unpaired) electrons. The average molecular weight is 302 g/mol. The Morgan fingerprint density at radius 3 is 2.62 bits per heavy atom. The van der Waals surface area contributed by atoms with Gasteiger partial charge in [0, 0.05) is 11.8 Å². The number of sulfonamides is 1. The Morgan fingerprint density at radius 2 is 1.86 bits per heavy atom. The van der Waals surface area contributed by atoms with Crippen molar-refractivity contribution in [3.8, 4) is 0 Å². The molecule has 21 heavy (non-hydrogen) atoms. The average Bonchev–Trinajstić information content (AvgIpc) is 2.90. The molecule has 3 rings (SSSR count). The monoisotopic (exact) mass is 302 g/mol. The minimum Gasteiger partial charge on any atom is -0.443 e. The number of nitrogens with zero attached hydrogens (tertiary/aromatic N) is 1. The van der Waals surface area contributed by atoms with Crippen LogP contribution in [-0.2, 0) is 10.0 Å². The van der Waals surface area contributed by atoms with Gasteiger partial charge >= 0.3 is 0 Å². The number of hydrogen-bond donors (Lipinski definition) is 1. The maximum absolute atomic E-state index is 12.4. The quantitative estimate of drug-likeness (QED) is 0.806. The molecule has 0 saturated carbocycles. The van der Waals surface area contributed by atoms with E-state index in [1.54, 1.807) is 18.2 Å². The summed E-state index contributed by atoms with van der Waals surface area (Å²) >= 11 is 0. The third-order valence-electron chi connectivity index (χ3n) is 3.37. The molecule has 0 fully saturated rings. The molecule has 6 heteroatoms. The van der Waals surface area contributed by atoms with Crippen molar-refractivity contribution in [3.63, 3.8) is 0 Å². The van der Waals surface area contributed by atoms with E-state index in [1.165, 1.54) is 18.5 Å². The van der Waals surface area contributed by atoms with Crippen molar-refractivity contribution in [2.24, 2.45) is 0 Å². The van der Waals surface area contributed by atoms with Crippen LogP contribution < -0.4 is 4.72 Å². The Bertz CT molecular complexity index is 914. The highest BCUT2D eigenvalue weighted by atomic mass is 32.2. The number of nitrogens with one attached hydrogen (secondary N) is 1. The van der Waals surface area contributed by atoms with Crippen LogP contribution in [0.25, 0.3) is 11.1 Å². The van der Waals surface area contributed by atoms with Gasteiger partial charge in [-0.3, -0.25) is 4.72 Å². The molecule has 1 heterocycles. The number of benzene rings is 2. The fraction of sp³-hybridized carbons (Fsp3) is 0.133.